The molecule has 0 unspecified atom stereocenters. The van der Waals surface area contributed by atoms with Crippen LogP contribution in [0.1, 0.15) is 11.1 Å². The van der Waals surface area contributed by atoms with E-state index >= 15 is 0 Å². The first kappa shape index (κ1) is 14.7. The summed E-state index contributed by atoms with van der Waals surface area (Å²) in [6.07, 6.45) is 0. The topological polar surface area (TPSA) is 34.9 Å². The van der Waals surface area contributed by atoms with Crippen LogP contribution in [0.5, 0.6) is 0 Å². The molecule has 0 aliphatic carbocycles. The zero-order valence-electron chi connectivity index (χ0n) is 12.2. The summed E-state index contributed by atoms with van der Waals surface area (Å²) < 4.78 is 2.50. The quantitative estimate of drug-likeness (QED) is 0.711. The molecule has 3 rings (SSSR count). The standard InChI is InChI=1S/C18H15BrN2O/c1-13-5-2-3-6-15(13)12-21-18(22)10-9-17(20-21)14-7-4-8-16(19)11-14/h2-11H,12H2,1H3. The van der Waals surface area contributed by atoms with Crippen LogP contribution < -0.4 is 5.56 Å². The smallest absolute Gasteiger partial charge is 0.267 e. The molecule has 0 spiro atoms. The molecule has 0 amide bonds. The molecular weight excluding hydrogens is 340 g/mol. The van der Waals surface area contributed by atoms with Crippen LogP contribution in [0.2, 0.25) is 0 Å². The predicted octanol–water partition coefficient (Wildman–Crippen LogP) is 4.03. The molecule has 0 aliphatic rings. The average Bonchev–Trinajstić information content (AvgIpc) is 2.51. The van der Waals surface area contributed by atoms with Crippen LogP contribution in [-0.2, 0) is 6.54 Å². The fraction of sp³-hybridized carbons (Fsp3) is 0.111. The second-order valence-electron chi connectivity index (χ2n) is 5.15. The summed E-state index contributed by atoms with van der Waals surface area (Å²) in [5.41, 5.74) is 3.93. The van der Waals surface area contributed by atoms with Crippen LogP contribution in [0.25, 0.3) is 11.3 Å². The molecule has 3 nitrogen and oxygen atoms in total. The number of hydrogen-bond acceptors (Lipinski definition) is 2. The Kier molecular flexibility index (Phi) is 4.20. The van der Waals surface area contributed by atoms with Crippen molar-refractivity contribution in [3.63, 3.8) is 0 Å². The number of hydrogen-bond donors (Lipinski definition) is 0. The lowest BCUT2D eigenvalue weighted by Crippen LogP contribution is -2.23. The predicted molar refractivity (Wildman–Crippen MR) is 91.9 cm³/mol. The Morgan fingerprint density at radius 2 is 1.86 bits per heavy atom. The first-order chi connectivity index (χ1) is 10.6. The maximum atomic E-state index is 12.1. The van der Waals surface area contributed by atoms with E-state index in [1.54, 1.807) is 12.1 Å². The van der Waals surface area contributed by atoms with Gasteiger partial charge in [0.25, 0.3) is 5.56 Å². The Morgan fingerprint density at radius 3 is 2.64 bits per heavy atom. The number of halogens is 1. The van der Waals surface area contributed by atoms with E-state index in [0.29, 0.717) is 6.54 Å². The van der Waals surface area contributed by atoms with Crippen molar-refractivity contribution in [3.8, 4) is 11.3 Å². The minimum atomic E-state index is -0.0954. The number of aryl methyl sites for hydroxylation is 1. The van der Waals surface area contributed by atoms with Crippen molar-refractivity contribution >= 4 is 15.9 Å². The first-order valence-electron chi connectivity index (χ1n) is 7.02. The molecule has 1 heterocycles. The molecular formula is C18H15BrN2O. The van der Waals surface area contributed by atoms with Gasteiger partial charge in [0.05, 0.1) is 12.2 Å². The van der Waals surface area contributed by atoms with E-state index in [1.165, 1.54) is 4.68 Å². The zero-order valence-corrected chi connectivity index (χ0v) is 13.7. The van der Waals surface area contributed by atoms with Gasteiger partial charge in [0.15, 0.2) is 0 Å². The lowest BCUT2D eigenvalue weighted by Gasteiger charge is -2.09. The van der Waals surface area contributed by atoms with Crippen molar-refractivity contribution in [2.75, 3.05) is 0 Å². The molecule has 2 aromatic carbocycles. The second kappa shape index (κ2) is 6.28. The van der Waals surface area contributed by atoms with Crippen LogP contribution in [0.4, 0.5) is 0 Å². The van der Waals surface area contributed by atoms with Gasteiger partial charge in [-0.05, 0) is 36.2 Å². The summed E-state index contributed by atoms with van der Waals surface area (Å²) in [6, 6.07) is 19.3. The summed E-state index contributed by atoms with van der Waals surface area (Å²) in [5.74, 6) is 0. The third kappa shape index (κ3) is 3.17. The number of nitrogens with zero attached hydrogens (tertiary/aromatic N) is 2. The highest BCUT2D eigenvalue weighted by Gasteiger charge is 2.06. The maximum Gasteiger partial charge on any atom is 0.267 e. The van der Waals surface area contributed by atoms with Gasteiger partial charge in [-0.1, -0.05) is 52.3 Å². The summed E-state index contributed by atoms with van der Waals surface area (Å²) in [6.45, 7) is 2.52. The highest BCUT2D eigenvalue weighted by atomic mass is 79.9. The lowest BCUT2D eigenvalue weighted by molar-refractivity contribution is 0.640. The van der Waals surface area contributed by atoms with Crippen LogP contribution in [-0.4, -0.2) is 9.78 Å². The third-order valence-corrected chi connectivity index (χ3v) is 4.06. The molecule has 0 saturated carbocycles. The highest BCUT2D eigenvalue weighted by Crippen LogP contribution is 2.20. The molecule has 1 aromatic heterocycles. The van der Waals surface area contributed by atoms with Crippen molar-refractivity contribution < 1.29 is 0 Å². The van der Waals surface area contributed by atoms with Gasteiger partial charge in [0.2, 0.25) is 0 Å². The summed E-state index contributed by atoms with van der Waals surface area (Å²) in [5, 5.41) is 4.50. The Bertz CT molecular complexity index is 871. The average molecular weight is 355 g/mol. The second-order valence-corrected chi connectivity index (χ2v) is 6.07. The summed E-state index contributed by atoms with van der Waals surface area (Å²) in [4.78, 5) is 12.1. The minimum Gasteiger partial charge on any atom is -0.268 e. The molecule has 3 aromatic rings. The van der Waals surface area contributed by atoms with E-state index in [9.17, 15) is 4.79 Å². The van der Waals surface area contributed by atoms with Gasteiger partial charge >= 0.3 is 0 Å². The monoisotopic (exact) mass is 354 g/mol. The molecule has 0 atom stereocenters. The van der Waals surface area contributed by atoms with E-state index in [4.69, 9.17) is 0 Å². The fourth-order valence-corrected chi connectivity index (χ4v) is 2.71. The molecule has 0 fully saturated rings. The fourth-order valence-electron chi connectivity index (χ4n) is 2.31. The molecule has 0 bridgehead atoms. The molecule has 22 heavy (non-hydrogen) atoms. The highest BCUT2D eigenvalue weighted by molar-refractivity contribution is 9.10. The number of aromatic nitrogens is 2. The number of rotatable bonds is 3. The third-order valence-electron chi connectivity index (χ3n) is 3.57. The van der Waals surface area contributed by atoms with E-state index in [1.807, 2.05) is 55.5 Å². The van der Waals surface area contributed by atoms with Gasteiger partial charge in [-0.15, -0.1) is 0 Å². The van der Waals surface area contributed by atoms with E-state index < -0.39 is 0 Å². The Labute approximate surface area is 137 Å². The Morgan fingerprint density at radius 1 is 1.05 bits per heavy atom. The van der Waals surface area contributed by atoms with Crippen LogP contribution in [0.15, 0.2) is 69.9 Å². The van der Waals surface area contributed by atoms with Crippen LogP contribution >= 0.6 is 15.9 Å². The molecule has 0 N–H and O–H groups in total. The van der Waals surface area contributed by atoms with E-state index in [-0.39, 0.29) is 5.56 Å². The minimum absolute atomic E-state index is 0.0954. The SMILES string of the molecule is Cc1ccccc1Cn1nc(-c2cccc(Br)c2)ccc1=O. The first-order valence-corrected chi connectivity index (χ1v) is 7.81. The van der Waals surface area contributed by atoms with Gasteiger partial charge in [0, 0.05) is 16.1 Å². The Hall–Kier alpha value is -2.20. The van der Waals surface area contributed by atoms with Gasteiger partial charge in [0.1, 0.15) is 0 Å². The van der Waals surface area contributed by atoms with Crippen molar-refractivity contribution in [2.24, 2.45) is 0 Å². The van der Waals surface area contributed by atoms with Crippen molar-refractivity contribution in [1.82, 2.24) is 9.78 Å². The van der Waals surface area contributed by atoms with Gasteiger partial charge in [-0.25, -0.2) is 4.68 Å². The number of benzene rings is 2. The normalized spacial score (nSPS) is 10.6. The zero-order chi connectivity index (χ0) is 15.5. The van der Waals surface area contributed by atoms with Gasteiger partial charge in [-0.3, -0.25) is 4.79 Å². The largest absolute Gasteiger partial charge is 0.268 e. The summed E-state index contributed by atoms with van der Waals surface area (Å²) >= 11 is 3.46. The molecule has 0 saturated heterocycles. The maximum absolute atomic E-state index is 12.1. The van der Waals surface area contributed by atoms with Crippen LogP contribution in [0.3, 0.4) is 0 Å². The molecule has 4 heteroatoms. The van der Waals surface area contributed by atoms with Crippen molar-refractivity contribution in [3.05, 3.63) is 86.6 Å². The molecule has 110 valence electrons. The van der Waals surface area contributed by atoms with Crippen LogP contribution in [0, 0.1) is 6.92 Å². The van der Waals surface area contributed by atoms with Gasteiger partial charge < -0.3 is 0 Å². The van der Waals surface area contributed by atoms with E-state index in [2.05, 4.69) is 21.0 Å². The summed E-state index contributed by atoms with van der Waals surface area (Å²) in [7, 11) is 0. The lowest BCUT2D eigenvalue weighted by atomic mass is 10.1. The van der Waals surface area contributed by atoms with Crippen molar-refractivity contribution in [2.45, 2.75) is 13.5 Å². The van der Waals surface area contributed by atoms with Crippen molar-refractivity contribution in [1.29, 1.82) is 0 Å². The molecule has 0 radical (unpaired) electrons. The van der Waals surface area contributed by atoms with E-state index in [0.717, 1.165) is 26.9 Å². The van der Waals surface area contributed by atoms with Gasteiger partial charge in [-0.2, -0.15) is 5.10 Å². The molecule has 0 aliphatic heterocycles. The Balaban J connectivity index is 2.01.